The van der Waals surface area contributed by atoms with Crippen LogP contribution in [0.2, 0.25) is 0 Å². The first-order valence-corrected chi connectivity index (χ1v) is 28.8. The monoisotopic (exact) mass is 1050 g/mol. The quantitative estimate of drug-likeness (QED) is 0.139. The van der Waals surface area contributed by atoms with E-state index in [1.807, 2.05) is 13.1 Å². The minimum atomic E-state index is -0.999. The van der Waals surface area contributed by atoms with Crippen molar-refractivity contribution in [3.8, 4) is 22.5 Å². The Hall–Kier alpha value is -4.53. The predicted molar refractivity (Wildman–Crippen MR) is 288 cm³/mol. The molecule has 75 heavy (non-hydrogen) atoms. The number of amides is 2. The molecule has 3 aromatic heterocycles. The van der Waals surface area contributed by atoms with E-state index in [0.29, 0.717) is 52.2 Å². The Morgan fingerprint density at radius 1 is 0.987 bits per heavy atom. The molecule has 11 rings (SSSR count). The van der Waals surface area contributed by atoms with Crippen LogP contribution in [-0.4, -0.2) is 162 Å². The lowest BCUT2D eigenvalue weighted by Gasteiger charge is -2.40. The molecule has 1 aromatic carbocycles. The molecule has 18 heteroatoms. The van der Waals surface area contributed by atoms with Crippen molar-refractivity contribution in [1.82, 2.24) is 40.1 Å². The number of aromatic nitrogens is 3. The molecule has 0 spiro atoms. The Kier molecular flexibility index (Phi) is 15.2. The fourth-order valence-electron chi connectivity index (χ4n) is 12.5. The largest absolute Gasteiger partial charge is 0.464 e. The first kappa shape index (κ1) is 52.5. The van der Waals surface area contributed by atoms with Crippen LogP contribution in [0.5, 0.6) is 0 Å². The minimum absolute atomic E-state index is 0.0255. The lowest BCUT2D eigenvalue weighted by molar-refractivity contribution is -0.162. The highest BCUT2D eigenvalue weighted by atomic mass is 32.1. The normalized spacial score (nSPS) is 28.2. The van der Waals surface area contributed by atoms with Crippen molar-refractivity contribution in [3.63, 3.8) is 0 Å². The van der Waals surface area contributed by atoms with Gasteiger partial charge in [0.05, 0.1) is 72.6 Å². The lowest BCUT2D eigenvalue weighted by Crippen LogP contribution is -2.64. The lowest BCUT2D eigenvalue weighted by atomic mass is 9.84. The first-order valence-electron chi connectivity index (χ1n) is 27.9. The molecule has 6 aliphatic heterocycles. The number of benzene rings is 1. The molecule has 4 aromatic rings. The van der Waals surface area contributed by atoms with Crippen LogP contribution in [0.4, 0.5) is 5.69 Å². The van der Waals surface area contributed by atoms with Crippen LogP contribution in [-0.2, 0) is 51.0 Å². The van der Waals surface area contributed by atoms with E-state index in [9.17, 15) is 9.59 Å². The summed E-state index contributed by atoms with van der Waals surface area (Å²) in [6.45, 7) is 20.8. The van der Waals surface area contributed by atoms with Gasteiger partial charge in [-0.1, -0.05) is 26.8 Å². The van der Waals surface area contributed by atoms with Crippen molar-refractivity contribution in [3.05, 3.63) is 52.1 Å². The van der Waals surface area contributed by atoms with Crippen LogP contribution < -0.4 is 15.6 Å². The Morgan fingerprint density at radius 2 is 1.79 bits per heavy atom. The first-order chi connectivity index (χ1) is 36.1. The summed E-state index contributed by atoms with van der Waals surface area (Å²) in [5, 5.41) is 8.62. The topological polar surface area (TPSA) is 165 Å². The van der Waals surface area contributed by atoms with Crippen molar-refractivity contribution in [2.75, 3.05) is 84.3 Å². The zero-order valence-electron chi connectivity index (χ0n) is 45.2. The predicted octanol–water partition coefficient (Wildman–Crippen LogP) is 7.07. The number of anilines is 1. The number of hydrogen-bond acceptors (Lipinski definition) is 15. The summed E-state index contributed by atoms with van der Waals surface area (Å²) in [6.07, 6.45) is 9.00. The van der Waals surface area contributed by atoms with Crippen molar-refractivity contribution in [2.45, 2.75) is 154 Å². The second kappa shape index (κ2) is 21.7. The second-order valence-electron chi connectivity index (χ2n) is 23.8. The number of rotatable bonds is 12. The fourth-order valence-corrected chi connectivity index (χ4v) is 13.5. The summed E-state index contributed by atoms with van der Waals surface area (Å²) in [5.41, 5.74) is 10.4. The number of cyclic esters (lactones) is 1. The number of nitrogens with zero attached hydrogens (tertiary/aromatic N) is 7. The Morgan fingerprint density at radius 3 is 2.51 bits per heavy atom. The van der Waals surface area contributed by atoms with Gasteiger partial charge in [0.2, 0.25) is 5.91 Å². The molecule has 406 valence electrons. The number of hydrazine groups is 1. The molecule has 17 nitrogen and oxygen atoms in total. The number of nitrogens with one attached hydrogen (secondary N) is 2. The smallest absolute Gasteiger partial charge is 0.324 e. The summed E-state index contributed by atoms with van der Waals surface area (Å²) in [6, 6.07) is 7.41. The molecular formula is C57H79N9O8S. The third kappa shape index (κ3) is 11.1. The summed E-state index contributed by atoms with van der Waals surface area (Å²) >= 11 is 1.52. The highest BCUT2D eigenvalue weighted by molar-refractivity contribution is 7.10. The van der Waals surface area contributed by atoms with Crippen molar-refractivity contribution >= 4 is 45.7 Å². The number of carbonyl (C=O) groups is 3. The van der Waals surface area contributed by atoms with Crippen molar-refractivity contribution in [2.24, 2.45) is 11.3 Å². The van der Waals surface area contributed by atoms with Gasteiger partial charge in [-0.05, 0) is 109 Å². The molecule has 6 bridgehead atoms. The number of piperazine rings is 1. The SMILES string of the molecule is CO[C@@H](C)c1ncc(N2CCN(C3CC3)CC2)cc1-c1c2c3cc(ccc3n1CCO[C@H]1CCOC(C)(C)C1)-c1csc(n1)[C@@H](N1CCCC1)[C@H](NC(=O)[C@@H]1OC[C@@H]1C)C(=O)N1CCC[C@H](N1)C(=O)OCC(C)(C)C2. The summed E-state index contributed by atoms with van der Waals surface area (Å²) in [7, 11) is 1.75. The third-order valence-electron chi connectivity index (χ3n) is 16.9. The van der Waals surface area contributed by atoms with E-state index in [0.717, 1.165) is 126 Å². The fraction of sp³-hybridized carbons (Fsp3) is 0.667. The molecule has 1 saturated carbocycles. The van der Waals surface area contributed by atoms with Gasteiger partial charge < -0.3 is 38.5 Å². The van der Waals surface area contributed by atoms with Gasteiger partial charge in [0, 0.05) is 104 Å². The number of carbonyl (C=O) groups excluding carboxylic acids is 3. The average Bonchev–Trinajstić information content (AvgIpc) is 3.75. The Labute approximate surface area is 446 Å². The van der Waals surface area contributed by atoms with E-state index in [1.54, 1.807) is 7.11 Å². The maximum Gasteiger partial charge on any atom is 0.324 e. The van der Waals surface area contributed by atoms with Crippen LogP contribution in [0.25, 0.3) is 33.4 Å². The van der Waals surface area contributed by atoms with Crippen LogP contribution >= 0.6 is 11.3 Å². The number of fused-ring (bicyclic) bond motifs is 6. The Balaban J connectivity index is 1.06. The molecule has 5 saturated heterocycles. The molecule has 0 unspecified atom stereocenters. The number of methoxy groups -OCH3 is 1. The maximum atomic E-state index is 15.1. The number of pyridine rings is 1. The number of ether oxygens (including phenoxy) is 5. The number of hydrogen-bond donors (Lipinski definition) is 2. The number of likely N-dealkylation sites (tertiary alicyclic amines) is 1. The zero-order chi connectivity index (χ0) is 52.2. The van der Waals surface area contributed by atoms with Crippen LogP contribution in [0.3, 0.4) is 0 Å². The highest BCUT2D eigenvalue weighted by Crippen LogP contribution is 2.44. The molecule has 9 heterocycles. The number of thiazole rings is 1. The van der Waals surface area contributed by atoms with E-state index >= 15 is 4.79 Å². The van der Waals surface area contributed by atoms with Crippen LogP contribution in [0.15, 0.2) is 35.8 Å². The van der Waals surface area contributed by atoms with Crippen molar-refractivity contribution in [1.29, 1.82) is 0 Å². The molecular weight excluding hydrogens is 971 g/mol. The van der Waals surface area contributed by atoms with Gasteiger partial charge in [0.1, 0.15) is 23.2 Å². The van der Waals surface area contributed by atoms with E-state index in [2.05, 4.69) is 94.3 Å². The van der Waals surface area contributed by atoms with E-state index in [-0.39, 0.29) is 42.1 Å². The second-order valence-corrected chi connectivity index (χ2v) is 24.7. The highest BCUT2D eigenvalue weighted by Gasteiger charge is 2.45. The summed E-state index contributed by atoms with van der Waals surface area (Å²) in [5.74, 6) is -1.01. The van der Waals surface area contributed by atoms with Crippen LogP contribution in [0.1, 0.15) is 121 Å². The van der Waals surface area contributed by atoms with Gasteiger partial charge in [0.25, 0.3) is 5.91 Å². The molecule has 6 fully saturated rings. The van der Waals surface area contributed by atoms with E-state index < -0.39 is 35.6 Å². The van der Waals surface area contributed by atoms with Gasteiger partial charge >= 0.3 is 5.97 Å². The van der Waals surface area contributed by atoms with E-state index in [4.69, 9.17) is 33.7 Å². The molecule has 0 radical (unpaired) electrons. The molecule has 1 aliphatic carbocycles. The number of esters is 1. The zero-order valence-corrected chi connectivity index (χ0v) is 46.1. The Bertz CT molecular complexity index is 2720. The van der Waals surface area contributed by atoms with Crippen LogP contribution in [0, 0.1) is 11.3 Å². The van der Waals surface area contributed by atoms with Gasteiger partial charge in [-0.15, -0.1) is 11.3 Å². The summed E-state index contributed by atoms with van der Waals surface area (Å²) < 4.78 is 33.5. The van der Waals surface area contributed by atoms with Gasteiger partial charge in [-0.3, -0.25) is 34.2 Å². The van der Waals surface area contributed by atoms with Gasteiger partial charge in [0.15, 0.2) is 0 Å². The molecule has 2 amide bonds. The van der Waals surface area contributed by atoms with E-state index in [1.165, 1.54) is 29.2 Å². The third-order valence-corrected chi connectivity index (χ3v) is 17.8. The molecule has 7 aliphatic rings. The average molecular weight is 1050 g/mol. The van der Waals surface area contributed by atoms with Crippen molar-refractivity contribution < 1.29 is 38.1 Å². The standard InChI is InChI=1S/C57H79N9O8S/c1-35-32-72-51(35)52(67)60-48-50(64-17-8-9-18-64)53-59-45(33-75-53)37-12-15-46-41(27-37)43(30-56(3,4)34-73-55(69)44-11-10-19-66(61-44)54(48)68)49(65(46)24-26-71-40-16-25-74-57(5,6)29-40)42-28-39(31-58-47(42)36(2)70-7)63-22-20-62(21-23-63)38-13-14-38/h12,15,27-28,31,33,35-36,38,40,44,48,50-51,61H,8-11,13-14,16-26,29-30,32,34H2,1-7H3,(H,60,67)/t35-,36-,40-,44-,48-,50-,51+/m0/s1. The summed E-state index contributed by atoms with van der Waals surface area (Å²) in [4.78, 5) is 61.6. The molecule has 2 N–H and O–H groups in total. The van der Waals surface area contributed by atoms with Gasteiger partial charge in [-0.2, -0.15) is 0 Å². The molecule has 7 atom stereocenters. The van der Waals surface area contributed by atoms with Gasteiger partial charge in [-0.25, -0.2) is 10.4 Å². The minimum Gasteiger partial charge on any atom is -0.464 e. The maximum absolute atomic E-state index is 15.1.